The molecule has 2 heterocycles. The van der Waals surface area contributed by atoms with E-state index < -0.39 is 0 Å². The van der Waals surface area contributed by atoms with E-state index >= 15 is 0 Å². The summed E-state index contributed by atoms with van der Waals surface area (Å²) in [6.45, 7) is 2.08. The Hall–Kier alpha value is -2.72. The van der Waals surface area contributed by atoms with Crippen molar-refractivity contribution in [3.05, 3.63) is 75.9 Å². The number of para-hydroxylation sites is 2. The number of hydrogen-bond acceptors (Lipinski definition) is 3. The molecule has 1 N–H and O–H groups in total. The third-order valence-electron chi connectivity index (χ3n) is 3.84. The number of nitrogens with zero attached hydrogens (tertiary/aromatic N) is 1. The van der Waals surface area contributed by atoms with Gasteiger partial charge in [-0.1, -0.05) is 42.5 Å². The van der Waals surface area contributed by atoms with Crippen LogP contribution in [0.2, 0.25) is 0 Å². The summed E-state index contributed by atoms with van der Waals surface area (Å²) in [6, 6.07) is 19.8. The van der Waals surface area contributed by atoms with E-state index in [1.54, 1.807) is 11.3 Å². The van der Waals surface area contributed by atoms with Gasteiger partial charge >= 0.3 is 0 Å². The Kier molecular flexibility index (Phi) is 3.32. The molecule has 4 heteroatoms. The van der Waals surface area contributed by atoms with Crippen LogP contribution in [-0.4, -0.2) is 9.97 Å². The predicted octanol–water partition coefficient (Wildman–Crippen LogP) is 4.63. The fourth-order valence-electron chi connectivity index (χ4n) is 2.70. The van der Waals surface area contributed by atoms with Crippen molar-refractivity contribution >= 4 is 22.4 Å². The topological polar surface area (TPSA) is 45.8 Å². The van der Waals surface area contributed by atoms with Gasteiger partial charge < -0.3 is 4.98 Å². The Labute approximate surface area is 137 Å². The number of aryl methyl sites for hydroxylation is 1. The third-order valence-corrected chi connectivity index (χ3v) is 4.89. The van der Waals surface area contributed by atoms with Gasteiger partial charge in [-0.25, -0.2) is 4.98 Å². The van der Waals surface area contributed by atoms with Gasteiger partial charge in [-0.05, 0) is 36.2 Å². The summed E-state index contributed by atoms with van der Waals surface area (Å²) < 4.78 is 0. The molecule has 0 radical (unpaired) electrons. The molecule has 0 unspecified atom stereocenters. The van der Waals surface area contributed by atoms with Crippen molar-refractivity contribution in [3.63, 3.8) is 0 Å². The number of hydrogen-bond donors (Lipinski definition) is 1. The highest BCUT2D eigenvalue weighted by Crippen LogP contribution is 2.35. The highest BCUT2D eigenvalue weighted by atomic mass is 32.1. The molecular weight excluding hydrogens is 304 g/mol. The monoisotopic (exact) mass is 318 g/mol. The second-order valence-electron chi connectivity index (χ2n) is 5.38. The summed E-state index contributed by atoms with van der Waals surface area (Å²) in [5.41, 5.74) is 4.21. The standard InChI is InChI=1S/C19H14N2OS/c1-12-14(13-7-3-2-4-8-13)11-17(23-12)18-19(22)21-16-10-6-5-9-15(16)20-18/h2-11H,1H3,(H,21,22). The zero-order valence-corrected chi connectivity index (χ0v) is 13.4. The van der Waals surface area contributed by atoms with Crippen molar-refractivity contribution in [2.45, 2.75) is 6.92 Å². The molecule has 4 rings (SSSR count). The minimum Gasteiger partial charge on any atom is -0.319 e. The molecule has 0 aliphatic carbocycles. The minimum atomic E-state index is -0.149. The Morgan fingerprint density at radius 1 is 1.00 bits per heavy atom. The second kappa shape index (κ2) is 5.48. The van der Waals surface area contributed by atoms with Crippen molar-refractivity contribution in [1.29, 1.82) is 0 Å². The number of nitrogens with one attached hydrogen (secondary N) is 1. The SMILES string of the molecule is Cc1sc(-c2nc3ccccc3[nH]c2=O)cc1-c1ccccc1. The van der Waals surface area contributed by atoms with Gasteiger partial charge in [0.1, 0.15) is 5.69 Å². The number of aromatic amines is 1. The fourth-order valence-corrected chi connectivity index (χ4v) is 3.73. The lowest BCUT2D eigenvalue weighted by molar-refractivity contribution is 1.23. The molecular formula is C19H14N2OS. The summed E-state index contributed by atoms with van der Waals surface area (Å²) in [6.07, 6.45) is 0. The number of thiophene rings is 1. The molecule has 2 aromatic carbocycles. The van der Waals surface area contributed by atoms with Crippen LogP contribution in [-0.2, 0) is 0 Å². The van der Waals surface area contributed by atoms with Gasteiger partial charge in [-0.15, -0.1) is 11.3 Å². The Morgan fingerprint density at radius 2 is 1.74 bits per heavy atom. The molecule has 3 nitrogen and oxygen atoms in total. The first-order valence-corrected chi connectivity index (χ1v) is 8.19. The normalized spacial score (nSPS) is 11.0. The van der Waals surface area contributed by atoms with Crippen molar-refractivity contribution < 1.29 is 0 Å². The average Bonchev–Trinajstić information content (AvgIpc) is 2.96. The molecule has 23 heavy (non-hydrogen) atoms. The summed E-state index contributed by atoms with van der Waals surface area (Å²) in [5.74, 6) is 0. The van der Waals surface area contributed by atoms with Crippen molar-refractivity contribution in [1.82, 2.24) is 9.97 Å². The number of benzene rings is 2. The molecule has 0 spiro atoms. The van der Waals surface area contributed by atoms with E-state index in [0.717, 1.165) is 27.0 Å². The maximum Gasteiger partial charge on any atom is 0.275 e. The van der Waals surface area contributed by atoms with Gasteiger partial charge in [0, 0.05) is 4.88 Å². The summed E-state index contributed by atoms with van der Waals surface area (Å²) in [4.78, 5) is 21.9. The van der Waals surface area contributed by atoms with Gasteiger partial charge in [-0.2, -0.15) is 0 Å². The van der Waals surface area contributed by atoms with Gasteiger partial charge in [0.15, 0.2) is 0 Å². The van der Waals surface area contributed by atoms with E-state index in [4.69, 9.17) is 0 Å². The summed E-state index contributed by atoms with van der Waals surface area (Å²) in [7, 11) is 0. The molecule has 0 saturated carbocycles. The van der Waals surface area contributed by atoms with E-state index in [2.05, 4.69) is 35.1 Å². The molecule has 2 aromatic heterocycles. The number of H-pyrrole nitrogens is 1. The van der Waals surface area contributed by atoms with Crippen molar-refractivity contribution in [3.8, 4) is 21.7 Å². The Balaban J connectivity index is 1.89. The van der Waals surface area contributed by atoms with Gasteiger partial charge in [-0.3, -0.25) is 4.79 Å². The Morgan fingerprint density at radius 3 is 2.57 bits per heavy atom. The molecule has 0 amide bonds. The van der Waals surface area contributed by atoms with E-state index in [9.17, 15) is 4.79 Å². The maximum atomic E-state index is 12.4. The zero-order chi connectivity index (χ0) is 15.8. The number of fused-ring (bicyclic) bond motifs is 1. The van der Waals surface area contributed by atoms with Crippen LogP contribution in [0.15, 0.2) is 65.5 Å². The zero-order valence-electron chi connectivity index (χ0n) is 12.5. The second-order valence-corrected chi connectivity index (χ2v) is 6.63. The van der Waals surface area contributed by atoms with Crippen molar-refractivity contribution in [2.24, 2.45) is 0 Å². The van der Waals surface area contributed by atoms with Crippen LogP contribution in [0.1, 0.15) is 4.88 Å². The van der Waals surface area contributed by atoms with Gasteiger partial charge in [0.05, 0.1) is 15.9 Å². The van der Waals surface area contributed by atoms with Gasteiger partial charge in [0.25, 0.3) is 5.56 Å². The number of rotatable bonds is 2. The van der Waals surface area contributed by atoms with Crippen LogP contribution in [0, 0.1) is 6.92 Å². The average molecular weight is 318 g/mol. The highest BCUT2D eigenvalue weighted by Gasteiger charge is 2.13. The molecule has 0 saturated heterocycles. The lowest BCUT2D eigenvalue weighted by Crippen LogP contribution is -2.10. The molecule has 0 atom stereocenters. The largest absolute Gasteiger partial charge is 0.319 e. The molecule has 0 bridgehead atoms. The van der Waals surface area contributed by atoms with E-state index in [1.807, 2.05) is 42.5 Å². The predicted molar refractivity (Wildman–Crippen MR) is 95.8 cm³/mol. The number of aromatic nitrogens is 2. The van der Waals surface area contributed by atoms with E-state index in [1.165, 1.54) is 4.88 Å². The summed E-state index contributed by atoms with van der Waals surface area (Å²) >= 11 is 1.60. The Bertz CT molecular complexity index is 1050. The quantitative estimate of drug-likeness (QED) is 0.586. The van der Waals surface area contributed by atoms with Crippen LogP contribution in [0.4, 0.5) is 0 Å². The van der Waals surface area contributed by atoms with E-state index in [-0.39, 0.29) is 5.56 Å². The molecule has 112 valence electrons. The minimum absolute atomic E-state index is 0.149. The van der Waals surface area contributed by atoms with Crippen LogP contribution < -0.4 is 5.56 Å². The fraction of sp³-hybridized carbons (Fsp3) is 0.0526. The first kappa shape index (κ1) is 13.9. The lowest BCUT2D eigenvalue weighted by Gasteiger charge is -2.00. The van der Waals surface area contributed by atoms with Crippen LogP contribution in [0.5, 0.6) is 0 Å². The summed E-state index contributed by atoms with van der Waals surface area (Å²) in [5, 5.41) is 0. The molecule has 0 aliphatic rings. The molecule has 0 aliphatic heterocycles. The van der Waals surface area contributed by atoms with Crippen LogP contribution in [0.25, 0.3) is 32.7 Å². The van der Waals surface area contributed by atoms with E-state index in [0.29, 0.717) is 5.69 Å². The lowest BCUT2D eigenvalue weighted by atomic mass is 10.1. The van der Waals surface area contributed by atoms with Crippen molar-refractivity contribution in [2.75, 3.05) is 0 Å². The molecule has 0 fully saturated rings. The molecule has 4 aromatic rings. The smallest absolute Gasteiger partial charge is 0.275 e. The van der Waals surface area contributed by atoms with Crippen LogP contribution >= 0.6 is 11.3 Å². The highest BCUT2D eigenvalue weighted by molar-refractivity contribution is 7.15. The first-order chi connectivity index (χ1) is 11.2. The first-order valence-electron chi connectivity index (χ1n) is 7.37. The maximum absolute atomic E-state index is 12.4. The van der Waals surface area contributed by atoms with Crippen LogP contribution in [0.3, 0.4) is 0 Å². The van der Waals surface area contributed by atoms with Gasteiger partial charge in [0.2, 0.25) is 0 Å². The third kappa shape index (κ3) is 2.47.